The van der Waals surface area contributed by atoms with Crippen LogP contribution in [0.4, 0.5) is 0 Å². The molecule has 0 saturated carbocycles. The third-order valence-corrected chi connectivity index (χ3v) is 5.17. The van der Waals surface area contributed by atoms with E-state index in [0.717, 1.165) is 32.1 Å². The average Bonchev–Trinajstić information content (AvgIpc) is 2.56. The van der Waals surface area contributed by atoms with Crippen LogP contribution in [0.5, 0.6) is 0 Å². The molecule has 0 fully saturated rings. The molecule has 0 aromatic rings. The highest BCUT2D eigenvalue weighted by Crippen LogP contribution is 2.22. The Balaban J connectivity index is 4.65. The van der Waals surface area contributed by atoms with Crippen molar-refractivity contribution in [3.05, 3.63) is 11.6 Å². The molecular formula is C21H40O3. The van der Waals surface area contributed by atoms with Crippen molar-refractivity contribution in [2.24, 2.45) is 17.8 Å². The molecule has 0 unspecified atom stereocenters. The summed E-state index contributed by atoms with van der Waals surface area (Å²) >= 11 is 0. The lowest BCUT2D eigenvalue weighted by molar-refractivity contribution is -0.124. The number of Topliss-reactive ketones (excluding diaryl/α,β-unsaturated/α-hetero) is 1. The largest absolute Gasteiger partial charge is 0.392 e. The summed E-state index contributed by atoms with van der Waals surface area (Å²) in [4.78, 5) is 12.5. The van der Waals surface area contributed by atoms with Crippen molar-refractivity contribution in [1.29, 1.82) is 0 Å². The van der Waals surface area contributed by atoms with E-state index in [1.807, 2.05) is 20.8 Å². The van der Waals surface area contributed by atoms with Crippen LogP contribution in [0.2, 0.25) is 0 Å². The predicted molar refractivity (Wildman–Crippen MR) is 102 cm³/mol. The van der Waals surface area contributed by atoms with Gasteiger partial charge >= 0.3 is 0 Å². The Morgan fingerprint density at radius 2 is 1.71 bits per heavy atom. The van der Waals surface area contributed by atoms with E-state index in [2.05, 4.69) is 26.8 Å². The van der Waals surface area contributed by atoms with Gasteiger partial charge in [-0.2, -0.15) is 0 Å². The lowest BCUT2D eigenvalue weighted by atomic mass is 9.88. The van der Waals surface area contributed by atoms with Crippen molar-refractivity contribution in [2.75, 3.05) is 7.11 Å². The van der Waals surface area contributed by atoms with Crippen LogP contribution >= 0.6 is 0 Å². The van der Waals surface area contributed by atoms with Crippen molar-refractivity contribution < 1.29 is 14.6 Å². The van der Waals surface area contributed by atoms with E-state index in [9.17, 15) is 9.90 Å². The Kier molecular flexibility index (Phi) is 12.3. The van der Waals surface area contributed by atoms with E-state index >= 15 is 0 Å². The summed E-state index contributed by atoms with van der Waals surface area (Å²) in [5.41, 5.74) is 1.27. The second-order valence-corrected chi connectivity index (χ2v) is 7.46. The van der Waals surface area contributed by atoms with Gasteiger partial charge in [0, 0.05) is 19.4 Å². The first-order chi connectivity index (χ1) is 11.3. The molecule has 0 aliphatic heterocycles. The van der Waals surface area contributed by atoms with E-state index in [-0.39, 0.29) is 24.0 Å². The third kappa shape index (κ3) is 8.98. The summed E-state index contributed by atoms with van der Waals surface area (Å²) in [5.74, 6) is 0.821. The Morgan fingerprint density at radius 1 is 1.08 bits per heavy atom. The Morgan fingerprint density at radius 3 is 2.17 bits per heavy atom. The molecule has 3 nitrogen and oxygen atoms in total. The summed E-state index contributed by atoms with van der Waals surface area (Å²) in [7, 11) is 1.78. The zero-order chi connectivity index (χ0) is 18.7. The summed E-state index contributed by atoms with van der Waals surface area (Å²) in [6.07, 6.45) is 6.98. The molecule has 0 aliphatic carbocycles. The van der Waals surface area contributed by atoms with Gasteiger partial charge in [-0.05, 0) is 44.4 Å². The van der Waals surface area contributed by atoms with Gasteiger partial charge in [0.25, 0.3) is 0 Å². The summed E-state index contributed by atoms with van der Waals surface area (Å²) < 4.78 is 5.47. The van der Waals surface area contributed by atoms with Gasteiger partial charge in [0.1, 0.15) is 5.78 Å². The lowest BCUT2D eigenvalue weighted by Crippen LogP contribution is -2.24. The highest BCUT2D eigenvalue weighted by Gasteiger charge is 2.21. The fraction of sp³-hybridized carbons (Fsp3) is 0.857. The molecule has 142 valence electrons. The van der Waals surface area contributed by atoms with Crippen LogP contribution < -0.4 is 0 Å². The summed E-state index contributed by atoms with van der Waals surface area (Å²) in [6, 6.07) is 0. The molecule has 0 aromatic heterocycles. The highest BCUT2D eigenvalue weighted by atomic mass is 16.5. The molecule has 0 heterocycles. The number of rotatable bonds is 13. The molecular weight excluding hydrogens is 300 g/mol. The lowest BCUT2D eigenvalue weighted by Gasteiger charge is -2.20. The Labute approximate surface area is 149 Å². The van der Waals surface area contributed by atoms with Gasteiger partial charge in [-0.25, -0.2) is 0 Å². The number of allylic oxidation sites excluding steroid dienone is 2. The zero-order valence-corrected chi connectivity index (χ0v) is 17.0. The average molecular weight is 341 g/mol. The SMILES string of the molecule is CC[C@H](C[C@@H](C)C/C(C)=C/[C@@H](CC)C(=O)C[C@H](O)[C@@H](C)CC)OC. The van der Waals surface area contributed by atoms with Crippen LogP contribution in [0, 0.1) is 17.8 Å². The number of ether oxygens (including phenoxy) is 1. The monoisotopic (exact) mass is 340 g/mol. The minimum atomic E-state index is -0.517. The highest BCUT2D eigenvalue weighted by molar-refractivity contribution is 5.83. The molecule has 24 heavy (non-hydrogen) atoms. The normalized spacial score (nSPS) is 18.8. The first-order valence-corrected chi connectivity index (χ1v) is 9.69. The number of ketones is 1. The number of carbonyl (C=O) groups excluding carboxylic acids is 1. The summed E-state index contributed by atoms with van der Waals surface area (Å²) in [5, 5.41) is 10.1. The van der Waals surface area contributed by atoms with Crippen molar-refractivity contribution in [1.82, 2.24) is 0 Å². The molecule has 0 radical (unpaired) electrons. The van der Waals surface area contributed by atoms with Crippen LogP contribution in [-0.2, 0) is 9.53 Å². The molecule has 3 heteroatoms. The van der Waals surface area contributed by atoms with Gasteiger partial charge in [-0.1, -0.05) is 52.7 Å². The maximum atomic E-state index is 12.5. The second kappa shape index (κ2) is 12.7. The van der Waals surface area contributed by atoms with E-state index in [0.29, 0.717) is 12.0 Å². The molecule has 5 atom stereocenters. The first kappa shape index (κ1) is 23.3. The van der Waals surface area contributed by atoms with Gasteiger partial charge < -0.3 is 9.84 Å². The van der Waals surface area contributed by atoms with Gasteiger partial charge in [0.05, 0.1) is 12.2 Å². The molecule has 0 spiro atoms. The Hall–Kier alpha value is -0.670. The fourth-order valence-corrected chi connectivity index (χ4v) is 3.19. The van der Waals surface area contributed by atoms with Crippen molar-refractivity contribution >= 4 is 5.78 Å². The van der Waals surface area contributed by atoms with Gasteiger partial charge in [-0.15, -0.1) is 0 Å². The van der Waals surface area contributed by atoms with Crippen molar-refractivity contribution in [2.45, 2.75) is 92.3 Å². The molecule has 0 aromatic carbocycles. The van der Waals surface area contributed by atoms with Crippen LogP contribution in [0.25, 0.3) is 0 Å². The minimum absolute atomic E-state index is 0.0692. The van der Waals surface area contributed by atoms with Gasteiger partial charge in [-0.3, -0.25) is 4.79 Å². The molecule has 0 saturated heterocycles. The number of hydrogen-bond donors (Lipinski definition) is 1. The third-order valence-electron chi connectivity index (χ3n) is 5.17. The van der Waals surface area contributed by atoms with Crippen LogP contribution in [0.3, 0.4) is 0 Å². The van der Waals surface area contributed by atoms with Crippen molar-refractivity contribution in [3.63, 3.8) is 0 Å². The van der Waals surface area contributed by atoms with Gasteiger partial charge in [0.15, 0.2) is 0 Å². The number of aliphatic hydroxyl groups is 1. The maximum Gasteiger partial charge on any atom is 0.142 e. The zero-order valence-electron chi connectivity index (χ0n) is 17.0. The number of aliphatic hydroxyl groups excluding tert-OH is 1. The number of carbonyl (C=O) groups is 1. The van der Waals surface area contributed by atoms with E-state index in [1.54, 1.807) is 7.11 Å². The van der Waals surface area contributed by atoms with Crippen LogP contribution in [-0.4, -0.2) is 30.2 Å². The molecule has 0 bridgehead atoms. The van der Waals surface area contributed by atoms with E-state index < -0.39 is 6.10 Å². The van der Waals surface area contributed by atoms with Gasteiger partial charge in [0.2, 0.25) is 0 Å². The van der Waals surface area contributed by atoms with E-state index in [1.165, 1.54) is 5.57 Å². The molecule has 0 aliphatic rings. The standard InChI is InChI=1S/C21H40O3/c1-8-17(6)20(22)14-21(23)18(9-2)12-15(4)11-16(5)13-19(10-3)24-7/h12,16-20,22H,8-11,13-14H2,1-7H3/b15-12+/t16-,17-,18+,19+,20-/m0/s1. The predicted octanol–water partition coefficient (Wildman–Crippen LogP) is 5.17. The topological polar surface area (TPSA) is 46.5 Å². The second-order valence-electron chi connectivity index (χ2n) is 7.46. The number of methoxy groups -OCH3 is 1. The quantitative estimate of drug-likeness (QED) is 0.471. The Bertz CT molecular complexity index is 371. The molecule has 0 amide bonds. The van der Waals surface area contributed by atoms with Crippen molar-refractivity contribution in [3.8, 4) is 0 Å². The number of hydrogen-bond acceptors (Lipinski definition) is 3. The molecule has 0 rings (SSSR count). The first-order valence-electron chi connectivity index (χ1n) is 9.69. The smallest absolute Gasteiger partial charge is 0.142 e. The van der Waals surface area contributed by atoms with Crippen LogP contribution in [0.15, 0.2) is 11.6 Å². The van der Waals surface area contributed by atoms with E-state index in [4.69, 9.17) is 4.74 Å². The summed E-state index contributed by atoms with van der Waals surface area (Å²) in [6.45, 7) is 12.6. The minimum Gasteiger partial charge on any atom is -0.392 e. The fourth-order valence-electron chi connectivity index (χ4n) is 3.19. The van der Waals surface area contributed by atoms with Crippen LogP contribution in [0.1, 0.15) is 80.1 Å². The maximum absolute atomic E-state index is 12.5. The molecule has 1 N–H and O–H groups in total.